The zero-order chi connectivity index (χ0) is 12.2. The van der Waals surface area contributed by atoms with Crippen molar-refractivity contribution in [3.05, 3.63) is 17.5 Å². The lowest BCUT2D eigenvalue weighted by Crippen LogP contribution is -2.23. The van der Waals surface area contributed by atoms with Crippen LogP contribution in [0.3, 0.4) is 0 Å². The van der Waals surface area contributed by atoms with Crippen LogP contribution in [0.15, 0.2) is 6.07 Å². The normalized spacial score (nSPS) is 12.1. The van der Waals surface area contributed by atoms with Crippen molar-refractivity contribution in [1.82, 2.24) is 9.78 Å². The molecule has 0 fully saturated rings. The van der Waals surface area contributed by atoms with Crippen molar-refractivity contribution >= 4 is 0 Å². The molecule has 1 rings (SSSR count). The van der Waals surface area contributed by atoms with Gasteiger partial charge in [0.05, 0.1) is 5.69 Å². The highest BCUT2D eigenvalue weighted by Crippen LogP contribution is 2.21. The number of nitrogens with zero attached hydrogens (tertiary/aromatic N) is 2. The Labute approximate surface area is 99.0 Å². The van der Waals surface area contributed by atoms with Gasteiger partial charge in [0.15, 0.2) is 0 Å². The van der Waals surface area contributed by atoms with E-state index in [2.05, 4.69) is 36.6 Å². The summed E-state index contributed by atoms with van der Waals surface area (Å²) in [6.45, 7) is 10.4. The SMILES string of the molecule is Cc1cc(C)n(CCCCC(C)(C)CN)n1. The summed E-state index contributed by atoms with van der Waals surface area (Å²) in [5.41, 5.74) is 8.37. The molecule has 0 unspecified atom stereocenters. The van der Waals surface area contributed by atoms with E-state index in [1.807, 2.05) is 6.92 Å². The first kappa shape index (κ1) is 13.2. The van der Waals surface area contributed by atoms with Crippen molar-refractivity contribution in [3.63, 3.8) is 0 Å². The number of unbranched alkanes of at least 4 members (excludes halogenated alkanes) is 1. The maximum atomic E-state index is 5.71. The Kier molecular flexibility index (Phi) is 4.54. The minimum Gasteiger partial charge on any atom is -0.330 e. The van der Waals surface area contributed by atoms with Crippen LogP contribution in [0.4, 0.5) is 0 Å². The van der Waals surface area contributed by atoms with Crippen LogP contribution in [0.25, 0.3) is 0 Å². The van der Waals surface area contributed by atoms with E-state index < -0.39 is 0 Å². The number of hydrogen-bond acceptors (Lipinski definition) is 2. The molecular weight excluding hydrogens is 198 g/mol. The molecule has 0 aromatic carbocycles. The van der Waals surface area contributed by atoms with Gasteiger partial charge >= 0.3 is 0 Å². The summed E-state index contributed by atoms with van der Waals surface area (Å²) in [6, 6.07) is 2.13. The molecule has 92 valence electrons. The van der Waals surface area contributed by atoms with Crippen molar-refractivity contribution < 1.29 is 0 Å². The molecule has 1 aromatic heterocycles. The van der Waals surface area contributed by atoms with Crippen LogP contribution in [0, 0.1) is 19.3 Å². The van der Waals surface area contributed by atoms with Gasteiger partial charge in [0.25, 0.3) is 0 Å². The first-order valence-corrected chi connectivity index (χ1v) is 6.16. The van der Waals surface area contributed by atoms with Crippen molar-refractivity contribution in [1.29, 1.82) is 0 Å². The molecule has 0 amide bonds. The van der Waals surface area contributed by atoms with Gasteiger partial charge in [-0.05, 0) is 44.7 Å². The van der Waals surface area contributed by atoms with E-state index in [0.717, 1.165) is 18.8 Å². The molecule has 2 N–H and O–H groups in total. The average Bonchev–Trinajstić information content (AvgIpc) is 2.52. The zero-order valence-electron chi connectivity index (χ0n) is 11.1. The van der Waals surface area contributed by atoms with E-state index in [4.69, 9.17) is 5.73 Å². The van der Waals surface area contributed by atoms with Crippen molar-refractivity contribution in [3.8, 4) is 0 Å². The second-order valence-electron chi connectivity index (χ2n) is 5.48. The third kappa shape index (κ3) is 3.97. The summed E-state index contributed by atoms with van der Waals surface area (Å²) in [6.07, 6.45) is 3.61. The van der Waals surface area contributed by atoms with Crippen LogP contribution in [0.2, 0.25) is 0 Å². The fourth-order valence-corrected chi connectivity index (χ4v) is 1.87. The number of nitrogens with two attached hydrogens (primary N) is 1. The van der Waals surface area contributed by atoms with Gasteiger partial charge in [0.2, 0.25) is 0 Å². The van der Waals surface area contributed by atoms with Crippen LogP contribution >= 0.6 is 0 Å². The fourth-order valence-electron chi connectivity index (χ4n) is 1.87. The summed E-state index contributed by atoms with van der Waals surface area (Å²) < 4.78 is 2.10. The predicted molar refractivity (Wildman–Crippen MR) is 68.4 cm³/mol. The second-order valence-corrected chi connectivity index (χ2v) is 5.48. The van der Waals surface area contributed by atoms with E-state index in [1.165, 1.54) is 25.0 Å². The lowest BCUT2D eigenvalue weighted by molar-refractivity contribution is 0.327. The van der Waals surface area contributed by atoms with Crippen LogP contribution in [-0.2, 0) is 6.54 Å². The Balaban J connectivity index is 2.29. The quantitative estimate of drug-likeness (QED) is 0.753. The van der Waals surface area contributed by atoms with Gasteiger partial charge in [-0.25, -0.2) is 0 Å². The molecule has 3 nitrogen and oxygen atoms in total. The fraction of sp³-hybridized carbons (Fsp3) is 0.769. The van der Waals surface area contributed by atoms with Crippen molar-refractivity contribution in [2.24, 2.45) is 11.1 Å². The molecule has 0 spiro atoms. The highest BCUT2D eigenvalue weighted by molar-refractivity contribution is 5.06. The smallest absolute Gasteiger partial charge is 0.0596 e. The number of aryl methyl sites for hydroxylation is 3. The van der Waals surface area contributed by atoms with E-state index in [9.17, 15) is 0 Å². The standard InChI is InChI=1S/C13H25N3/c1-11-9-12(2)16(15-11)8-6-5-7-13(3,4)10-14/h9H,5-8,10,14H2,1-4H3. The Hall–Kier alpha value is -0.830. The van der Waals surface area contributed by atoms with Gasteiger partial charge in [-0.2, -0.15) is 5.10 Å². The minimum absolute atomic E-state index is 0.287. The monoisotopic (exact) mass is 223 g/mol. The first-order chi connectivity index (χ1) is 7.44. The summed E-state index contributed by atoms with van der Waals surface area (Å²) in [5, 5.41) is 4.46. The Bertz CT molecular complexity index is 326. The van der Waals surface area contributed by atoms with Crippen LogP contribution < -0.4 is 5.73 Å². The molecule has 0 aliphatic carbocycles. The van der Waals surface area contributed by atoms with Crippen LogP contribution in [-0.4, -0.2) is 16.3 Å². The van der Waals surface area contributed by atoms with E-state index >= 15 is 0 Å². The van der Waals surface area contributed by atoms with Gasteiger partial charge in [0, 0.05) is 12.2 Å². The molecule has 0 bridgehead atoms. The molecule has 1 heterocycles. The maximum Gasteiger partial charge on any atom is 0.0596 e. The number of rotatable bonds is 6. The topological polar surface area (TPSA) is 43.8 Å². The van der Waals surface area contributed by atoms with Crippen molar-refractivity contribution in [2.45, 2.75) is 53.5 Å². The minimum atomic E-state index is 0.287. The van der Waals surface area contributed by atoms with Crippen molar-refractivity contribution in [2.75, 3.05) is 6.54 Å². The molecule has 1 aromatic rings. The molecule has 0 saturated carbocycles. The summed E-state index contributed by atoms with van der Waals surface area (Å²) in [5.74, 6) is 0. The van der Waals surface area contributed by atoms with Gasteiger partial charge in [-0.3, -0.25) is 4.68 Å². The Morgan fingerprint density at radius 2 is 2.00 bits per heavy atom. The summed E-state index contributed by atoms with van der Waals surface area (Å²) in [4.78, 5) is 0. The highest BCUT2D eigenvalue weighted by atomic mass is 15.3. The third-order valence-corrected chi connectivity index (χ3v) is 3.13. The summed E-state index contributed by atoms with van der Waals surface area (Å²) in [7, 11) is 0. The molecule has 0 radical (unpaired) electrons. The molecular formula is C13H25N3. The molecule has 16 heavy (non-hydrogen) atoms. The van der Waals surface area contributed by atoms with E-state index in [0.29, 0.717) is 0 Å². The zero-order valence-corrected chi connectivity index (χ0v) is 11.1. The Morgan fingerprint density at radius 3 is 2.50 bits per heavy atom. The lowest BCUT2D eigenvalue weighted by atomic mass is 9.87. The second kappa shape index (κ2) is 5.48. The molecule has 3 heteroatoms. The summed E-state index contributed by atoms with van der Waals surface area (Å²) >= 11 is 0. The average molecular weight is 223 g/mol. The third-order valence-electron chi connectivity index (χ3n) is 3.13. The van der Waals surface area contributed by atoms with Gasteiger partial charge in [-0.15, -0.1) is 0 Å². The van der Waals surface area contributed by atoms with Crippen LogP contribution in [0.5, 0.6) is 0 Å². The first-order valence-electron chi connectivity index (χ1n) is 6.16. The van der Waals surface area contributed by atoms with E-state index in [-0.39, 0.29) is 5.41 Å². The van der Waals surface area contributed by atoms with Crippen LogP contribution in [0.1, 0.15) is 44.5 Å². The van der Waals surface area contributed by atoms with Gasteiger partial charge < -0.3 is 5.73 Å². The lowest BCUT2D eigenvalue weighted by Gasteiger charge is -2.21. The number of aromatic nitrogens is 2. The molecule has 0 aliphatic heterocycles. The van der Waals surface area contributed by atoms with Gasteiger partial charge in [-0.1, -0.05) is 20.3 Å². The Morgan fingerprint density at radius 1 is 1.31 bits per heavy atom. The predicted octanol–water partition coefficient (Wildman–Crippen LogP) is 2.66. The maximum absolute atomic E-state index is 5.71. The number of hydrogen-bond donors (Lipinski definition) is 1. The molecule has 0 saturated heterocycles. The highest BCUT2D eigenvalue weighted by Gasteiger charge is 2.14. The molecule has 0 aliphatic rings. The van der Waals surface area contributed by atoms with Gasteiger partial charge in [0.1, 0.15) is 0 Å². The largest absolute Gasteiger partial charge is 0.330 e. The van der Waals surface area contributed by atoms with E-state index in [1.54, 1.807) is 0 Å². The molecule has 0 atom stereocenters.